The van der Waals surface area contributed by atoms with Crippen LogP contribution >= 0.6 is 0 Å². The maximum Gasteiger partial charge on any atom is 0.138 e. The van der Waals surface area contributed by atoms with E-state index in [-0.39, 0.29) is 10.8 Å². The molecule has 0 bridgehead atoms. The Kier molecular flexibility index (Phi) is 4.30. The summed E-state index contributed by atoms with van der Waals surface area (Å²) in [4.78, 5) is 12.4. The van der Waals surface area contributed by atoms with E-state index in [4.69, 9.17) is 4.74 Å². The quantitative estimate of drug-likeness (QED) is 0.729. The van der Waals surface area contributed by atoms with Crippen LogP contribution in [0, 0.1) is 31.1 Å². The molecular weight excluding hydrogens is 296 g/mol. The third-order valence-electron chi connectivity index (χ3n) is 7.02. The topological polar surface area (TPSA) is 26.3 Å². The van der Waals surface area contributed by atoms with E-state index in [0.29, 0.717) is 17.6 Å². The van der Waals surface area contributed by atoms with Crippen LogP contribution < -0.4 is 4.74 Å². The van der Waals surface area contributed by atoms with Crippen molar-refractivity contribution in [2.24, 2.45) is 17.3 Å². The lowest BCUT2D eigenvalue weighted by molar-refractivity contribution is -0.137. The zero-order chi connectivity index (χ0) is 17.7. The minimum atomic E-state index is -0.131. The van der Waals surface area contributed by atoms with Crippen LogP contribution in [0.25, 0.3) is 0 Å². The van der Waals surface area contributed by atoms with Crippen molar-refractivity contribution in [2.45, 2.75) is 72.1 Å². The number of carbonyl (C=O) groups is 1. The second-order valence-corrected chi connectivity index (χ2v) is 8.99. The molecule has 3 rings (SSSR count). The fourth-order valence-electron chi connectivity index (χ4n) is 5.85. The predicted molar refractivity (Wildman–Crippen MR) is 98.7 cm³/mol. The van der Waals surface area contributed by atoms with Gasteiger partial charge >= 0.3 is 0 Å². The summed E-state index contributed by atoms with van der Waals surface area (Å²) < 4.78 is 5.44. The molecule has 0 N–H and O–H groups in total. The van der Waals surface area contributed by atoms with Crippen LogP contribution in [0.2, 0.25) is 0 Å². The molecule has 3 atom stereocenters. The first-order chi connectivity index (χ1) is 11.2. The van der Waals surface area contributed by atoms with Crippen molar-refractivity contribution < 1.29 is 9.53 Å². The molecule has 0 aliphatic heterocycles. The van der Waals surface area contributed by atoms with E-state index >= 15 is 0 Å². The molecule has 0 amide bonds. The van der Waals surface area contributed by atoms with Gasteiger partial charge < -0.3 is 4.74 Å². The lowest BCUT2D eigenvalue weighted by Gasteiger charge is -2.51. The Bertz CT molecular complexity index is 635. The molecule has 2 nitrogen and oxygen atoms in total. The zero-order valence-electron chi connectivity index (χ0n) is 16.2. The number of fused-ring (bicyclic) bond motifs is 1. The van der Waals surface area contributed by atoms with Gasteiger partial charge in [-0.3, -0.25) is 4.79 Å². The molecular formula is C22H32O2. The van der Waals surface area contributed by atoms with Crippen molar-refractivity contribution in [3.63, 3.8) is 0 Å². The standard InChI is InChI=1S/C22H32O2/c1-14-11-17(24-6)12-15(2)20(14)22(5)10-9-18-16(13-22)7-8-19(23)21(18,3)4/h11-12,16,18H,7-10,13H2,1-6H3/t16?,18?,22-/m0/s1. The number of aryl methyl sites for hydroxylation is 2. The lowest BCUT2D eigenvalue weighted by Crippen LogP contribution is -2.47. The average molecular weight is 328 g/mol. The van der Waals surface area contributed by atoms with Crippen LogP contribution in [0.1, 0.15) is 69.6 Å². The Balaban J connectivity index is 1.93. The van der Waals surface area contributed by atoms with E-state index in [9.17, 15) is 4.79 Å². The maximum absolute atomic E-state index is 12.4. The second-order valence-electron chi connectivity index (χ2n) is 8.99. The summed E-state index contributed by atoms with van der Waals surface area (Å²) in [5, 5.41) is 0. The first-order valence-electron chi connectivity index (χ1n) is 9.38. The highest BCUT2D eigenvalue weighted by Gasteiger charge is 2.50. The minimum absolute atomic E-state index is 0.131. The molecule has 2 saturated carbocycles. The van der Waals surface area contributed by atoms with Gasteiger partial charge in [0.2, 0.25) is 0 Å². The number of ketones is 1. The number of Topliss-reactive ketones (excluding diaryl/α,β-unsaturated/α-hetero) is 1. The molecule has 1 aromatic carbocycles. The average Bonchev–Trinajstić information content (AvgIpc) is 2.50. The van der Waals surface area contributed by atoms with Crippen LogP contribution in [-0.2, 0) is 10.2 Å². The number of ether oxygens (including phenoxy) is 1. The Morgan fingerprint density at radius 3 is 2.29 bits per heavy atom. The summed E-state index contributed by atoms with van der Waals surface area (Å²) in [7, 11) is 1.74. The molecule has 2 heteroatoms. The predicted octanol–water partition coefficient (Wildman–Crippen LogP) is 5.38. The van der Waals surface area contributed by atoms with Gasteiger partial charge in [0.25, 0.3) is 0 Å². The molecule has 2 aliphatic rings. The summed E-state index contributed by atoms with van der Waals surface area (Å²) in [6.07, 6.45) is 5.41. The van der Waals surface area contributed by atoms with Crippen molar-refractivity contribution in [2.75, 3.05) is 7.11 Å². The number of methoxy groups -OCH3 is 1. The van der Waals surface area contributed by atoms with E-state index < -0.39 is 0 Å². The van der Waals surface area contributed by atoms with E-state index in [2.05, 4.69) is 46.8 Å². The monoisotopic (exact) mass is 328 g/mol. The van der Waals surface area contributed by atoms with Crippen LogP contribution in [0.3, 0.4) is 0 Å². The molecule has 0 saturated heterocycles. The highest BCUT2D eigenvalue weighted by molar-refractivity contribution is 5.85. The normalized spacial score (nSPS) is 32.3. The summed E-state index contributed by atoms with van der Waals surface area (Å²) in [6.45, 7) is 11.2. The lowest BCUT2D eigenvalue weighted by atomic mass is 9.52. The first kappa shape index (κ1) is 17.5. The summed E-state index contributed by atoms with van der Waals surface area (Å²) in [5.41, 5.74) is 4.29. The summed E-state index contributed by atoms with van der Waals surface area (Å²) >= 11 is 0. The SMILES string of the molecule is COc1cc(C)c([C@@]2(C)CCC3C(CCC(=O)C3(C)C)C2)c(C)c1. The van der Waals surface area contributed by atoms with Gasteiger partial charge in [0, 0.05) is 11.8 Å². The van der Waals surface area contributed by atoms with Gasteiger partial charge in [0.15, 0.2) is 0 Å². The zero-order valence-corrected chi connectivity index (χ0v) is 16.2. The maximum atomic E-state index is 12.4. The van der Waals surface area contributed by atoms with Crippen LogP contribution in [0.5, 0.6) is 5.75 Å². The van der Waals surface area contributed by atoms with E-state index in [1.807, 2.05) is 0 Å². The van der Waals surface area contributed by atoms with E-state index in [0.717, 1.165) is 18.6 Å². The van der Waals surface area contributed by atoms with Crippen molar-refractivity contribution in [1.82, 2.24) is 0 Å². The molecule has 0 radical (unpaired) electrons. The molecule has 0 heterocycles. The highest BCUT2D eigenvalue weighted by atomic mass is 16.5. The molecule has 24 heavy (non-hydrogen) atoms. The third kappa shape index (κ3) is 2.68. The van der Waals surface area contributed by atoms with E-state index in [1.165, 1.54) is 36.0 Å². The number of benzene rings is 1. The van der Waals surface area contributed by atoms with Gasteiger partial charge in [0.1, 0.15) is 11.5 Å². The fraction of sp³-hybridized carbons (Fsp3) is 0.682. The summed E-state index contributed by atoms with van der Waals surface area (Å²) in [5.74, 6) is 2.67. The number of rotatable bonds is 2. The molecule has 1 aromatic rings. The highest BCUT2D eigenvalue weighted by Crippen LogP contribution is 2.55. The van der Waals surface area contributed by atoms with Crippen molar-refractivity contribution in [1.29, 1.82) is 0 Å². The van der Waals surface area contributed by atoms with Gasteiger partial charge in [-0.05, 0) is 85.6 Å². The fourth-order valence-corrected chi connectivity index (χ4v) is 5.85. The Morgan fingerprint density at radius 1 is 1.08 bits per heavy atom. The molecule has 2 aliphatic carbocycles. The third-order valence-corrected chi connectivity index (χ3v) is 7.02. The largest absolute Gasteiger partial charge is 0.497 e. The van der Waals surface area contributed by atoms with Gasteiger partial charge in [-0.1, -0.05) is 20.8 Å². The van der Waals surface area contributed by atoms with Crippen LogP contribution in [0.15, 0.2) is 12.1 Å². The van der Waals surface area contributed by atoms with Gasteiger partial charge in [0.05, 0.1) is 7.11 Å². The van der Waals surface area contributed by atoms with E-state index in [1.54, 1.807) is 7.11 Å². The Labute approximate surface area is 147 Å². The van der Waals surface area contributed by atoms with Crippen LogP contribution in [-0.4, -0.2) is 12.9 Å². The van der Waals surface area contributed by atoms with Crippen LogP contribution in [0.4, 0.5) is 0 Å². The summed E-state index contributed by atoms with van der Waals surface area (Å²) in [6, 6.07) is 4.35. The first-order valence-corrected chi connectivity index (χ1v) is 9.38. The molecule has 2 unspecified atom stereocenters. The van der Waals surface area contributed by atoms with Gasteiger partial charge in [-0.25, -0.2) is 0 Å². The van der Waals surface area contributed by atoms with Crippen molar-refractivity contribution >= 4 is 5.78 Å². The van der Waals surface area contributed by atoms with Gasteiger partial charge in [-0.2, -0.15) is 0 Å². The molecule has 132 valence electrons. The van der Waals surface area contributed by atoms with Crippen molar-refractivity contribution in [3.8, 4) is 5.75 Å². The Morgan fingerprint density at radius 2 is 1.71 bits per heavy atom. The number of hydrogen-bond acceptors (Lipinski definition) is 2. The second kappa shape index (κ2) is 5.89. The number of hydrogen-bond donors (Lipinski definition) is 0. The minimum Gasteiger partial charge on any atom is -0.497 e. The van der Waals surface area contributed by atoms with Crippen molar-refractivity contribution in [3.05, 3.63) is 28.8 Å². The smallest absolute Gasteiger partial charge is 0.138 e. The molecule has 2 fully saturated rings. The van der Waals surface area contributed by atoms with Gasteiger partial charge in [-0.15, -0.1) is 0 Å². The molecule has 0 aromatic heterocycles. The Hall–Kier alpha value is -1.31. The number of carbonyl (C=O) groups excluding carboxylic acids is 1. The molecule has 0 spiro atoms.